The predicted octanol–water partition coefficient (Wildman–Crippen LogP) is 4.29. The monoisotopic (exact) mass is 370 g/mol. The van der Waals surface area contributed by atoms with Crippen LogP contribution in [0.2, 0.25) is 0 Å². The van der Waals surface area contributed by atoms with E-state index in [2.05, 4.69) is 9.97 Å². The van der Waals surface area contributed by atoms with Crippen LogP contribution in [0.1, 0.15) is 46.7 Å². The van der Waals surface area contributed by atoms with E-state index in [1.807, 2.05) is 32.6 Å². The first-order valence-electron chi connectivity index (χ1n) is 8.86. The van der Waals surface area contributed by atoms with Crippen molar-refractivity contribution in [3.63, 3.8) is 0 Å². The zero-order valence-electron chi connectivity index (χ0n) is 16.6. The van der Waals surface area contributed by atoms with Crippen LogP contribution in [0, 0.1) is 16.0 Å². The molecule has 0 bridgehead atoms. The van der Waals surface area contributed by atoms with Crippen molar-refractivity contribution in [3.8, 4) is 0 Å². The molecule has 0 aromatic carbocycles. The van der Waals surface area contributed by atoms with E-state index < -0.39 is 16.4 Å². The number of allylic oxidation sites excluding steroid dienone is 3. The first-order valence-corrected chi connectivity index (χ1v) is 8.86. The third-order valence-electron chi connectivity index (χ3n) is 3.51. The Kier molecular flexibility index (Phi) is 11.9. The second kappa shape index (κ2) is 13.0. The summed E-state index contributed by atoms with van der Waals surface area (Å²) in [4.78, 5) is 19.5. The lowest BCUT2D eigenvalue weighted by atomic mass is 10.1. The van der Waals surface area contributed by atoms with Crippen molar-refractivity contribution in [2.45, 2.75) is 47.6 Å². The Hall–Kier alpha value is -2.22. The number of nitrogens with one attached hydrogen (secondary N) is 1. The van der Waals surface area contributed by atoms with Gasteiger partial charge in [-0.05, 0) is 5.92 Å². The van der Waals surface area contributed by atoms with Crippen LogP contribution in [0.3, 0.4) is 0 Å². The standard InChI is InChI=1S/C16H25FN4O3.C2H6/c1-5-14(17)16(21(22)23)8-15(12(2)3)20(6-7-24-4)10-13-9-18-11-19-13;1-2/h8-9,11-12H,5-7,10H2,1-4H3,(H,18,19);1-2H3/b15-8+,16-14-;. The molecule has 1 rings (SSSR count). The number of nitrogens with zero attached hydrogens (tertiary/aromatic N) is 3. The lowest BCUT2D eigenvalue weighted by Crippen LogP contribution is -2.29. The minimum Gasteiger partial charge on any atom is -0.383 e. The molecule has 0 saturated carbocycles. The SMILES string of the molecule is CC.CC/C(F)=C(\C=C(/C(C)C)N(CCOC)Cc1cnc[nH]1)[N+](=O)[O-]. The van der Waals surface area contributed by atoms with Gasteiger partial charge in [-0.2, -0.15) is 0 Å². The molecule has 1 aromatic rings. The molecule has 0 aliphatic rings. The summed E-state index contributed by atoms with van der Waals surface area (Å²) >= 11 is 0. The predicted molar refractivity (Wildman–Crippen MR) is 101 cm³/mol. The molecule has 0 spiro atoms. The summed E-state index contributed by atoms with van der Waals surface area (Å²) in [5.41, 5.74) is 1.05. The van der Waals surface area contributed by atoms with Crippen molar-refractivity contribution in [1.29, 1.82) is 0 Å². The van der Waals surface area contributed by atoms with Gasteiger partial charge in [-0.25, -0.2) is 9.37 Å². The van der Waals surface area contributed by atoms with Crippen molar-refractivity contribution in [2.75, 3.05) is 20.3 Å². The smallest absolute Gasteiger partial charge is 0.302 e. The number of imidazole rings is 1. The van der Waals surface area contributed by atoms with Gasteiger partial charge in [0.1, 0.15) is 0 Å². The fraction of sp³-hybridized carbons (Fsp3) is 0.611. The molecule has 0 radical (unpaired) electrons. The van der Waals surface area contributed by atoms with Gasteiger partial charge in [0.15, 0.2) is 5.83 Å². The first kappa shape index (κ1) is 23.8. The van der Waals surface area contributed by atoms with Crippen LogP contribution in [0.15, 0.2) is 35.8 Å². The maximum absolute atomic E-state index is 13.9. The molecule has 1 aromatic heterocycles. The van der Waals surface area contributed by atoms with Crippen molar-refractivity contribution in [1.82, 2.24) is 14.9 Å². The number of rotatable bonds is 10. The third kappa shape index (κ3) is 7.77. The molecule has 7 nitrogen and oxygen atoms in total. The van der Waals surface area contributed by atoms with Crippen LogP contribution < -0.4 is 0 Å². The summed E-state index contributed by atoms with van der Waals surface area (Å²) in [7, 11) is 1.59. The highest BCUT2D eigenvalue weighted by atomic mass is 19.1. The van der Waals surface area contributed by atoms with Gasteiger partial charge in [0.25, 0.3) is 0 Å². The number of hydrogen-bond acceptors (Lipinski definition) is 5. The number of hydrogen-bond donors (Lipinski definition) is 1. The fourth-order valence-electron chi connectivity index (χ4n) is 2.25. The molecule has 0 aliphatic heterocycles. The Labute approximate surface area is 155 Å². The number of halogens is 1. The van der Waals surface area contributed by atoms with Crippen molar-refractivity contribution < 1.29 is 14.1 Å². The molecule has 8 heteroatoms. The van der Waals surface area contributed by atoms with Crippen LogP contribution in [-0.4, -0.2) is 40.1 Å². The molecule has 0 amide bonds. The Morgan fingerprint density at radius 3 is 2.58 bits per heavy atom. The second-order valence-electron chi connectivity index (χ2n) is 5.62. The van der Waals surface area contributed by atoms with E-state index in [0.717, 1.165) is 5.69 Å². The minimum atomic E-state index is -0.730. The molecular formula is C18H31FN4O3. The molecule has 1 N–H and O–H groups in total. The van der Waals surface area contributed by atoms with E-state index in [1.54, 1.807) is 26.6 Å². The number of ether oxygens (including phenoxy) is 1. The summed E-state index contributed by atoms with van der Waals surface area (Å²) in [6.07, 6.45) is 4.57. The van der Waals surface area contributed by atoms with Crippen molar-refractivity contribution in [2.24, 2.45) is 5.92 Å². The van der Waals surface area contributed by atoms with Gasteiger partial charge in [-0.1, -0.05) is 34.6 Å². The van der Waals surface area contributed by atoms with Gasteiger partial charge < -0.3 is 14.6 Å². The Bertz CT molecular complexity index is 583. The van der Waals surface area contributed by atoms with Crippen LogP contribution in [-0.2, 0) is 11.3 Å². The zero-order valence-corrected chi connectivity index (χ0v) is 16.6. The normalized spacial score (nSPS) is 12.4. The first-order chi connectivity index (χ1) is 12.4. The molecule has 0 aliphatic carbocycles. The van der Waals surface area contributed by atoms with E-state index in [0.29, 0.717) is 25.4 Å². The maximum atomic E-state index is 13.9. The molecule has 26 heavy (non-hydrogen) atoms. The molecular weight excluding hydrogens is 339 g/mol. The number of aromatic amines is 1. The minimum absolute atomic E-state index is 0.0171. The summed E-state index contributed by atoms with van der Waals surface area (Å²) in [6, 6.07) is 0. The lowest BCUT2D eigenvalue weighted by Gasteiger charge is -2.29. The number of H-pyrrole nitrogens is 1. The van der Waals surface area contributed by atoms with Gasteiger partial charge in [0.05, 0.1) is 30.1 Å². The topological polar surface area (TPSA) is 84.3 Å². The van der Waals surface area contributed by atoms with Crippen molar-refractivity contribution >= 4 is 0 Å². The van der Waals surface area contributed by atoms with Crippen LogP contribution in [0.25, 0.3) is 0 Å². The van der Waals surface area contributed by atoms with Gasteiger partial charge in [0.2, 0.25) is 0 Å². The highest BCUT2D eigenvalue weighted by Crippen LogP contribution is 2.22. The quantitative estimate of drug-likeness (QED) is 0.377. The summed E-state index contributed by atoms with van der Waals surface area (Å²) in [5, 5.41) is 11.2. The molecule has 0 atom stereocenters. The summed E-state index contributed by atoms with van der Waals surface area (Å²) in [5.74, 6) is -0.754. The number of aromatic nitrogens is 2. The zero-order chi connectivity index (χ0) is 20.1. The Balaban J connectivity index is 0.00000301. The van der Waals surface area contributed by atoms with Gasteiger partial charge in [-0.15, -0.1) is 0 Å². The largest absolute Gasteiger partial charge is 0.383 e. The highest BCUT2D eigenvalue weighted by Gasteiger charge is 2.21. The molecule has 148 valence electrons. The van der Waals surface area contributed by atoms with Crippen LogP contribution >= 0.6 is 0 Å². The van der Waals surface area contributed by atoms with E-state index in [4.69, 9.17) is 4.74 Å². The average molecular weight is 370 g/mol. The van der Waals surface area contributed by atoms with E-state index in [-0.39, 0.29) is 12.3 Å². The Morgan fingerprint density at radius 2 is 2.15 bits per heavy atom. The summed E-state index contributed by atoms with van der Waals surface area (Å²) < 4.78 is 19.0. The summed E-state index contributed by atoms with van der Waals surface area (Å²) in [6.45, 7) is 10.8. The van der Waals surface area contributed by atoms with E-state index in [1.165, 1.54) is 6.08 Å². The van der Waals surface area contributed by atoms with E-state index >= 15 is 0 Å². The van der Waals surface area contributed by atoms with Gasteiger partial charge in [-0.3, -0.25) is 10.1 Å². The third-order valence-corrected chi connectivity index (χ3v) is 3.51. The van der Waals surface area contributed by atoms with Gasteiger partial charge >= 0.3 is 5.70 Å². The van der Waals surface area contributed by atoms with E-state index in [9.17, 15) is 14.5 Å². The maximum Gasteiger partial charge on any atom is 0.302 e. The average Bonchev–Trinajstić information content (AvgIpc) is 3.13. The Morgan fingerprint density at radius 1 is 1.50 bits per heavy atom. The molecule has 1 heterocycles. The second-order valence-corrected chi connectivity index (χ2v) is 5.62. The molecule has 0 saturated heterocycles. The molecule has 0 unspecified atom stereocenters. The van der Waals surface area contributed by atoms with Crippen LogP contribution in [0.5, 0.6) is 0 Å². The van der Waals surface area contributed by atoms with Crippen LogP contribution in [0.4, 0.5) is 4.39 Å². The molecule has 0 fully saturated rings. The number of methoxy groups -OCH3 is 1. The van der Waals surface area contributed by atoms with Gasteiger partial charge in [0, 0.05) is 38.0 Å². The highest BCUT2D eigenvalue weighted by molar-refractivity contribution is 5.22. The lowest BCUT2D eigenvalue weighted by molar-refractivity contribution is -0.421. The number of nitro groups is 1. The fourth-order valence-corrected chi connectivity index (χ4v) is 2.25. The van der Waals surface area contributed by atoms with Crippen molar-refractivity contribution in [3.05, 3.63) is 51.6 Å².